The van der Waals surface area contributed by atoms with E-state index in [0.29, 0.717) is 16.5 Å². The number of carbonyl (C=O) groups is 2. The van der Waals surface area contributed by atoms with Gasteiger partial charge in [-0.15, -0.1) is 0 Å². The van der Waals surface area contributed by atoms with Crippen molar-refractivity contribution in [2.24, 2.45) is 0 Å². The number of H-pyrrole nitrogens is 1. The Kier molecular flexibility index (Phi) is 2.92. The fourth-order valence-corrected chi connectivity index (χ4v) is 2.58. The van der Waals surface area contributed by atoms with E-state index in [1.54, 1.807) is 12.3 Å². The van der Waals surface area contributed by atoms with Crippen LogP contribution in [0, 0.1) is 0 Å². The quantitative estimate of drug-likeness (QED) is 0.795. The number of rotatable bonds is 1. The summed E-state index contributed by atoms with van der Waals surface area (Å²) < 4.78 is 0. The van der Waals surface area contributed by atoms with Crippen molar-refractivity contribution in [3.63, 3.8) is 0 Å². The molecule has 0 radical (unpaired) electrons. The van der Waals surface area contributed by atoms with Crippen LogP contribution in [-0.4, -0.2) is 21.7 Å². The van der Waals surface area contributed by atoms with Crippen molar-refractivity contribution in [1.29, 1.82) is 0 Å². The minimum Gasteiger partial charge on any atom is -0.508 e. The molecule has 100 valence electrons. The molecule has 0 unspecified atom stereocenters. The summed E-state index contributed by atoms with van der Waals surface area (Å²) in [4.78, 5) is 26.8. The monoisotopic (exact) mass is 307 g/mol. The zero-order chi connectivity index (χ0) is 14.4. The molecule has 4 nitrogen and oxygen atoms in total. The lowest BCUT2D eigenvalue weighted by atomic mass is 9.95. The summed E-state index contributed by atoms with van der Waals surface area (Å²) in [6, 6.07) is 4.66. The Morgan fingerprint density at radius 2 is 1.90 bits per heavy atom. The van der Waals surface area contributed by atoms with Crippen molar-refractivity contribution in [3.8, 4) is 5.75 Å². The Bertz CT molecular complexity index is 830. The molecule has 0 saturated heterocycles. The maximum atomic E-state index is 12.1. The van der Waals surface area contributed by atoms with Crippen molar-refractivity contribution in [1.82, 2.24) is 4.98 Å². The first-order chi connectivity index (χ1) is 9.49. The van der Waals surface area contributed by atoms with Gasteiger partial charge in [-0.1, -0.05) is 23.2 Å². The molecule has 1 aliphatic carbocycles. The van der Waals surface area contributed by atoms with Gasteiger partial charge in [-0.25, -0.2) is 0 Å². The third kappa shape index (κ3) is 1.85. The predicted molar refractivity (Wildman–Crippen MR) is 76.7 cm³/mol. The highest BCUT2D eigenvalue weighted by Gasteiger charge is 2.29. The van der Waals surface area contributed by atoms with E-state index in [1.807, 2.05) is 0 Å². The first-order valence-corrected chi connectivity index (χ1v) is 6.41. The van der Waals surface area contributed by atoms with Gasteiger partial charge in [0.05, 0.1) is 15.6 Å². The smallest absolute Gasteiger partial charge is 0.206 e. The van der Waals surface area contributed by atoms with Crippen LogP contribution in [0.1, 0.15) is 5.56 Å². The van der Waals surface area contributed by atoms with Crippen molar-refractivity contribution < 1.29 is 14.7 Å². The van der Waals surface area contributed by atoms with Gasteiger partial charge in [0, 0.05) is 28.7 Å². The van der Waals surface area contributed by atoms with Crippen LogP contribution in [0.5, 0.6) is 5.75 Å². The summed E-state index contributed by atoms with van der Waals surface area (Å²) in [7, 11) is 0. The van der Waals surface area contributed by atoms with Crippen molar-refractivity contribution in [3.05, 3.63) is 46.1 Å². The van der Waals surface area contributed by atoms with Gasteiger partial charge in [0.2, 0.25) is 5.78 Å². The second-order valence-electron chi connectivity index (χ2n) is 4.31. The van der Waals surface area contributed by atoms with E-state index >= 15 is 0 Å². The van der Waals surface area contributed by atoms with E-state index < -0.39 is 11.6 Å². The van der Waals surface area contributed by atoms with Gasteiger partial charge in [-0.05, 0) is 18.2 Å². The summed E-state index contributed by atoms with van der Waals surface area (Å²) in [5.74, 6) is -0.979. The summed E-state index contributed by atoms with van der Waals surface area (Å²) in [5, 5.41) is 9.79. The normalized spacial score (nSPS) is 16.0. The molecule has 0 amide bonds. The Hall–Kier alpha value is -2.04. The lowest BCUT2D eigenvalue weighted by molar-refractivity contribution is -0.113. The van der Waals surface area contributed by atoms with E-state index in [-0.39, 0.29) is 21.4 Å². The number of Topliss-reactive ketones (excluding diaryl/α,β-unsaturated/α-hetero) is 1. The van der Waals surface area contributed by atoms with Gasteiger partial charge in [0.1, 0.15) is 5.75 Å². The average molecular weight is 308 g/mol. The molecule has 1 aromatic heterocycles. The first kappa shape index (κ1) is 13.0. The minimum atomic E-state index is -0.513. The molecule has 0 atom stereocenters. The number of benzene rings is 1. The van der Waals surface area contributed by atoms with E-state index in [0.717, 1.165) is 6.08 Å². The lowest BCUT2D eigenvalue weighted by Gasteiger charge is -2.11. The number of hydrogen-bond donors (Lipinski definition) is 2. The standard InChI is InChI=1S/C14H7Cl2NO3/c15-9-4-11(19)13(16)12(14(9)20)8-5-17-10-2-1-6(18)3-7(8)10/h1-5,17-18H. The summed E-state index contributed by atoms with van der Waals surface area (Å²) in [6.07, 6.45) is 2.56. The fraction of sp³-hybridized carbons (Fsp3) is 0. The highest BCUT2D eigenvalue weighted by Crippen LogP contribution is 2.36. The molecular weight excluding hydrogens is 301 g/mol. The fourth-order valence-electron chi connectivity index (χ4n) is 2.14. The number of hydrogen-bond acceptors (Lipinski definition) is 3. The average Bonchev–Trinajstić information content (AvgIpc) is 2.80. The maximum Gasteiger partial charge on any atom is 0.206 e. The summed E-state index contributed by atoms with van der Waals surface area (Å²) in [5.41, 5.74) is 1.19. The largest absolute Gasteiger partial charge is 0.508 e. The highest BCUT2D eigenvalue weighted by atomic mass is 35.5. The molecular formula is C14H7Cl2NO3. The number of aromatic hydroxyl groups is 1. The Morgan fingerprint density at radius 1 is 1.15 bits per heavy atom. The molecule has 0 bridgehead atoms. The lowest BCUT2D eigenvalue weighted by Crippen LogP contribution is -2.13. The number of nitrogens with one attached hydrogen (secondary N) is 1. The number of ketones is 2. The van der Waals surface area contributed by atoms with E-state index in [2.05, 4.69) is 4.98 Å². The van der Waals surface area contributed by atoms with Crippen LogP contribution < -0.4 is 0 Å². The number of allylic oxidation sites excluding steroid dienone is 4. The van der Waals surface area contributed by atoms with Crippen LogP contribution in [0.15, 0.2) is 40.5 Å². The molecule has 1 aromatic carbocycles. The predicted octanol–water partition coefficient (Wildman–Crippen LogP) is 3.10. The van der Waals surface area contributed by atoms with E-state index in [4.69, 9.17) is 23.2 Å². The van der Waals surface area contributed by atoms with Crippen LogP contribution in [0.2, 0.25) is 0 Å². The molecule has 2 N–H and O–H groups in total. The molecule has 1 aliphatic rings. The molecule has 0 fully saturated rings. The topological polar surface area (TPSA) is 70.2 Å². The highest BCUT2D eigenvalue weighted by molar-refractivity contribution is 6.62. The zero-order valence-electron chi connectivity index (χ0n) is 9.91. The van der Waals surface area contributed by atoms with Crippen LogP contribution in [0.4, 0.5) is 0 Å². The number of fused-ring (bicyclic) bond motifs is 1. The SMILES string of the molecule is O=C1C=C(Cl)C(=O)C(c2c[nH]c3ccc(O)cc23)=C1Cl. The van der Waals surface area contributed by atoms with Crippen LogP contribution in [0.3, 0.4) is 0 Å². The zero-order valence-corrected chi connectivity index (χ0v) is 11.4. The van der Waals surface area contributed by atoms with E-state index in [9.17, 15) is 14.7 Å². The molecule has 0 aliphatic heterocycles. The van der Waals surface area contributed by atoms with E-state index in [1.165, 1.54) is 12.1 Å². The summed E-state index contributed by atoms with van der Waals surface area (Å²) >= 11 is 11.7. The number of aromatic amines is 1. The van der Waals surface area contributed by atoms with Gasteiger partial charge in [0.15, 0.2) is 5.78 Å². The summed E-state index contributed by atoms with van der Waals surface area (Å²) in [6.45, 7) is 0. The van der Waals surface area contributed by atoms with Crippen molar-refractivity contribution >= 4 is 51.2 Å². The molecule has 1 heterocycles. The van der Waals surface area contributed by atoms with Gasteiger partial charge in [0.25, 0.3) is 0 Å². The molecule has 0 saturated carbocycles. The van der Waals surface area contributed by atoms with Gasteiger partial charge in [-0.3, -0.25) is 9.59 Å². The van der Waals surface area contributed by atoms with Crippen molar-refractivity contribution in [2.45, 2.75) is 0 Å². The first-order valence-electron chi connectivity index (χ1n) is 5.65. The molecule has 6 heteroatoms. The number of aromatic nitrogens is 1. The van der Waals surface area contributed by atoms with Crippen LogP contribution in [0.25, 0.3) is 16.5 Å². The van der Waals surface area contributed by atoms with Crippen molar-refractivity contribution in [2.75, 3.05) is 0 Å². The number of carbonyl (C=O) groups excluding carboxylic acids is 2. The molecule has 3 rings (SSSR count). The molecule has 2 aromatic rings. The van der Waals surface area contributed by atoms with Crippen LogP contribution >= 0.6 is 23.2 Å². The third-order valence-corrected chi connectivity index (χ3v) is 3.73. The number of phenols is 1. The third-order valence-electron chi connectivity index (χ3n) is 3.07. The Morgan fingerprint density at radius 3 is 2.65 bits per heavy atom. The molecule has 20 heavy (non-hydrogen) atoms. The van der Waals surface area contributed by atoms with Crippen LogP contribution in [-0.2, 0) is 9.59 Å². The second-order valence-corrected chi connectivity index (χ2v) is 5.09. The maximum absolute atomic E-state index is 12.1. The Balaban J connectivity index is 2.30. The second kappa shape index (κ2) is 4.51. The Labute approximate surface area is 123 Å². The number of phenolic OH excluding ortho intramolecular Hbond substituents is 1. The van der Waals surface area contributed by atoms with Gasteiger partial charge < -0.3 is 10.1 Å². The minimum absolute atomic E-state index is 0.0426. The molecule has 0 spiro atoms. The number of halogens is 2. The van der Waals surface area contributed by atoms with Gasteiger partial charge >= 0.3 is 0 Å². The van der Waals surface area contributed by atoms with Gasteiger partial charge in [-0.2, -0.15) is 0 Å².